The average molecular weight is 307 g/mol. The number of ether oxygens (including phenoxy) is 1. The van der Waals surface area contributed by atoms with Gasteiger partial charge in [0.15, 0.2) is 0 Å². The summed E-state index contributed by atoms with van der Waals surface area (Å²) < 4.78 is 4.84. The molecule has 3 rings (SSSR count). The van der Waals surface area contributed by atoms with Crippen LogP contribution >= 0.6 is 0 Å². The van der Waals surface area contributed by atoms with Crippen molar-refractivity contribution in [2.75, 3.05) is 0 Å². The molecule has 0 atom stereocenters. The maximum absolute atomic E-state index is 11.5. The quantitative estimate of drug-likeness (QED) is 0.404. The zero-order chi connectivity index (χ0) is 16.2. The molecule has 0 N–H and O–H groups in total. The van der Waals surface area contributed by atoms with E-state index in [1.165, 1.54) is 6.07 Å². The first-order valence-corrected chi connectivity index (χ1v) is 7.02. The summed E-state index contributed by atoms with van der Waals surface area (Å²) in [6.07, 6.45) is 0. The van der Waals surface area contributed by atoms with Gasteiger partial charge in [-0.05, 0) is 28.0 Å². The number of hydrogen-bond acceptors (Lipinski definition) is 4. The van der Waals surface area contributed by atoms with Crippen LogP contribution in [0.25, 0.3) is 21.9 Å². The van der Waals surface area contributed by atoms with Crippen molar-refractivity contribution < 1.29 is 14.5 Å². The Labute approximate surface area is 132 Å². The van der Waals surface area contributed by atoms with E-state index in [1.54, 1.807) is 18.2 Å². The number of rotatable bonds is 5. The molecule has 0 unspecified atom stereocenters. The molecule has 3 aromatic carbocycles. The predicted octanol–water partition coefficient (Wildman–Crippen LogP) is 4.09. The van der Waals surface area contributed by atoms with Crippen molar-refractivity contribution in [3.63, 3.8) is 0 Å². The van der Waals surface area contributed by atoms with Crippen molar-refractivity contribution in [2.45, 2.75) is 6.61 Å². The van der Waals surface area contributed by atoms with Crippen LogP contribution < -0.4 is 0 Å². The highest BCUT2D eigenvalue weighted by atomic mass is 16.6. The Morgan fingerprint density at radius 3 is 2.52 bits per heavy atom. The first kappa shape index (κ1) is 14.7. The van der Waals surface area contributed by atoms with Crippen LogP contribution in [-0.4, -0.2) is 11.4 Å². The van der Waals surface area contributed by atoms with Gasteiger partial charge in [0.2, 0.25) is 0 Å². The van der Waals surface area contributed by atoms with Crippen molar-refractivity contribution in [3.05, 3.63) is 76.3 Å². The minimum absolute atomic E-state index is 0.0299. The summed E-state index contributed by atoms with van der Waals surface area (Å²) in [5.41, 5.74) is 1.98. The van der Waals surface area contributed by atoms with Gasteiger partial charge in [0.1, 0.15) is 6.61 Å². The number of carbonyl (C=O) groups is 1. The number of benzene rings is 3. The third-order valence-electron chi connectivity index (χ3n) is 3.70. The number of fused-ring (bicyclic) bond motifs is 1. The molecule has 0 spiro atoms. The molecule has 5 heteroatoms. The van der Waals surface area contributed by atoms with Crippen molar-refractivity contribution in [2.24, 2.45) is 0 Å². The van der Waals surface area contributed by atoms with Crippen molar-refractivity contribution in [3.8, 4) is 11.1 Å². The van der Waals surface area contributed by atoms with Gasteiger partial charge < -0.3 is 4.74 Å². The molecule has 0 aliphatic rings. The van der Waals surface area contributed by atoms with Gasteiger partial charge in [-0.25, -0.2) is 0 Å². The largest absolute Gasteiger partial charge is 0.463 e. The predicted molar refractivity (Wildman–Crippen MR) is 86.9 cm³/mol. The second kappa shape index (κ2) is 6.27. The molecule has 0 aliphatic carbocycles. The summed E-state index contributed by atoms with van der Waals surface area (Å²) in [5.74, 6) is 0. The van der Waals surface area contributed by atoms with E-state index in [-0.39, 0.29) is 17.2 Å². The molecule has 5 nitrogen and oxygen atoms in total. The van der Waals surface area contributed by atoms with Gasteiger partial charge in [-0.1, -0.05) is 48.5 Å². The van der Waals surface area contributed by atoms with E-state index < -0.39 is 0 Å². The highest BCUT2D eigenvalue weighted by Gasteiger charge is 2.20. The van der Waals surface area contributed by atoms with Gasteiger partial charge in [0, 0.05) is 6.07 Å². The normalized spacial score (nSPS) is 10.4. The van der Waals surface area contributed by atoms with Crippen LogP contribution in [0.3, 0.4) is 0 Å². The Bertz CT molecular complexity index is 889. The van der Waals surface area contributed by atoms with Crippen LogP contribution in [-0.2, 0) is 16.1 Å². The lowest BCUT2D eigenvalue weighted by atomic mass is 9.93. The monoisotopic (exact) mass is 307 g/mol. The molecule has 114 valence electrons. The number of nitro groups is 1. The van der Waals surface area contributed by atoms with Crippen LogP contribution in [0.2, 0.25) is 0 Å². The Morgan fingerprint density at radius 2 is 1.74 bits per heavy atom. The highest BCUT2D eigenvalue weighted by molar-refractivity contribution is 6.01. The Hall–Kier alpha value is -3.21. The fourth-order valence-corrected chi connectivity index (χ4v) is 2.71. The second-order valence-electron chi connectivity index (χ2n) is 5.00. The van der Waals surface area contributed by atoms with Gasteiger partial charge in [-0.2, -0.15) is 0 Å². The van der Waals surface area contributed by atoms with E-state index in [0.29, 0.717) is 17.6 Å². The number of hydrogen-bond donors (Lipinski definition) is 0. The highest BCUT2D eigenvalue weighted by Crippen LogP contribution is 2.38. The minimum atomic E-state index is -0.390. The van der Waals surface area contributed by atoms with E-state index in [0.717, 1.165) is 16.3 Å². The van der Waals surface area contributed by atoms with Crippen molar-refractivity contribution in [1.29, 1.82) is 0 Å². The Balaban J connectivity index is 2.32. The standard InChI is InChI=1S/C18H13NO4/c20-12-23-11-14-6-2-4-8-16(14)18-15-7-3-1-5-13(15)9-10-17(18)19(21)22/h1-10,12H,11H2. The molecule has 0 aromatic heterocycles. The zero-order valence-electron chi connectivity index (χ0n) is 12.1. The molecule has 0 saturated heterocycles. The van der Waals surface area contributed by atoms with Gasteiger partial charge >= 0.3 is 0 Å². The van der Waals surface area contributed by atoms with Crippen LogP contribution in [0, 0.1) is 10.1 Å². The zero-order valence-corrected chi connectivity index (χ0v) is 12.1. The molecule has 0 heterocycles. The van der Waals surface area contributed by atoms with Crippen LogP contribution in [0.15, 0.2) is 60.7 Å². The topological polar surface area (TPSA) is 69.4 Å². The molecule has 0 radical (unpaired) electrons. The first-order valence-electron chi connectivity index (χ1n) is 7.02. The van der Waals surface area contributed by atoms with Crippen LogP contribution in [0.5, 0.6) is 0 Å². The molecular formula is C18H13NO4. The Morgan fingerprint density at radius 1 is 1.00 bits per heavy atom. The molecule has 0 amide bonds. The third-order valence-corrected chi connectivity index (χ3v) is 3.70. The minimum Gasteiger partial charge on any atom is -0.463 e. The SMILES string of the molecule is O=COCc1ccccc1-c1c([N+](=O)[O-])ccc2ccccc12. The summed E-state index contributed by atoms with van der Waals surface area (Å²) in [5, 5.41) is 13.2. The first-order chi connectivity index (χ1) is 11.2. The summed E-state index contributed by atoms with van der Waals surface area (Å²) in [4.78, 5) is 21.6. The smallest absolute Gasteiger partial charge is 0.293 e. The van der Waals surface area contributed by atoms with Crippen molar-refractivity contribution in [1.82, 2.24) is 0 Å². The number of nitro benzene ring substituents is 1. The number of nitrogens with zero attached hydrogens (tertiary/aromatic N) is 1. The van der Waals surface area contributed by atoms with E-state index in [9.17, 15) is 14.9 Å². The van der Waals surface area contributed by atoms with Gasteiger partial charge in [-0.3, -0.25) is 14.9 Å². The lowest BCUT2D eigenvalue weighted by Crippen LogP contribution is -1.98. The molecular weight excluding hydrogens is 294 g/mol. The van der Waals surface area contributed by atoms with E-state index in [4.69, 9.17) is 4.74 Å². The number of carbonyl (C=O) groups excluding carboxylic acids is 1. The maximum Gasteiger partial charge on any atom is 0.293 e. The fourth-order valence-electron chi connectivity index (χ4n) is 2.71. The van der Waals surface area contributed by atoms with E-state index >= 15 is 0 Å². The lowest BCUT2D eigenvalue weighted by Gasteiger charge is -2.12. The average Bonchev–Trinajstić information content (AvgIpc) is 2.59. The van der Waals surface area contributed by atoms with E-state index in [1.807, 2.05) is 36.4 Å². The molecule has 0 aliphatic heterocycles. The molecule has 0 saturated carbocycles. The molecule has 3 aromatic rings. The molecule has 23 heavy (non-hydrogen) atoms. The third kappa shape index (κ3) is 2.76. The van der Waals surface area contributed by atoms with E-state index in [2.05, 4.69) is 0 Å². The maximum atomic E-state index is 11.5. The summed E-state index contributed by atoms with van der Waals surface area (Å²) in [6, 6.07) is 18.0. The van der Waals surface area contributed by atoms with Crippen molar-refractivity contribution >= 4 is 22.9 Å². The van der Waals surface area contributed by atoms with Gasteiger partial charge in [0.25, 0.3) is 12.2 Å². The van der Waals surface area contributed by atoms with Crippen LogP contribution in [0.1, 0.15) is 5.56 Å². The lowest BCUT2D eigenvalue weighted by molar-refractivity contribution is -0.384. The summed E-state index contributed by atoms with van der Waals surface area (Å²) in [6.45, 7) is 0.439. The fraction of sp³-hybridized carbons (Fsp3) is 0.0556. The van der Waals surface area contributed by atoms with Gasteiger partial charge in [0.05, 0.1) is 10.5 Å². The van der Waals surface area contributed by atoms with Gasteiger partial charge in [-0.15, -0.1) is 0 Å². The Kier molecular flexibility index (Phi) is 4.01. The molecule has 0 bridgehead atoms. The second-order valence-corrected chi connectivity index (χ2v) is 5.00. The summed E-state index contributed by atoms with van der Waals surface area (Å²) in [7, 11) is 0. The summed E-state index contributed by atoms with van der Waals surface area (Å²) >= 11 is 0. The van der Waals surface area contributed by atoms with Crippen LogP contribution in [0.4, 0.5) is 5.69 Å². The molecule has 0 fully saturated rings.